The van der Waals surface area contributed by atoms with E-state index in [-0.39, 0.29) is 0 Å². The predicted octanol–water partition coefficient (Wildman–Crippen LogP) is 32.5. The Morgan fingerprint density at radius 3 is 0.634 bits per heavy atom. The summed E-state index contributed by atoms with van der Waals surface area (Å²) in [5, 5.41) is 7.24. The quantitative estimate of drug-likeness (QED) is 0.0803. The van der Waals surface area contributed by atoms with Gasteiger partial charge in [0.15, 0.2) is 52.4 Å². The number of pyridine rings is 3. The molecule has 0 fully saturated rings. The molecule has 24 rings (SSSR count). The van der Waals surface area contributed by atoms with Crippen molar-refractivity contribution in [1.29, 1.82) is 0 Å². The Hall–Kier alpha value is -18.8. The maximum atomic E-state index is 5.07. The van der Waals surface area contributed by atoms with E-state index in [9.17, 15) is 0 Å². The van der Waals surface area contributed by atoms with Crippen molar-refractivity contribution in [1.82, 2.24) is 59.8 Å². The molecule has 0 N–H and O–H groups in total. The summed E-state index contributed by atoms with van der Waals surface area (Å²) in [5.41, 5.74) is 32.5. The van der Waals surface area contributed by atoms with Crippen LogP contribution in [-0.2, 0) is 0 Å². The van der Waals surface area contributed by atoms with Gasteiger partial charge in [-0.3, -0.25) is 15.0 Å². The van der Waals surface area contributed by atoms with Crippen molar-refractivity contribution in [3.63, 3.8) is 0 Å². The highest BCUT2D eigenvalue weighted by Crippen LogP contribution is 2.42. The molecule has 0 amide bonds. The Morgan fingerprint density at radius 1 is 0.120 bits per heavy atom. The summed E-state index contributed by atoms with van der Waals surface area (Å²) >= 11 is 0. The number of benzene rings is 18. The highest BCUT2D eigenvalue weighted by Gasteiger charge is 2.22. The zero-order valence-corrected chi connectivity index (χ0v) is 78.6. The molecule has 0 unspecified atom stereocenters. The van der Waals surface area contributed by atoms with E-state index in [0.717, 1.165) is 173 Å². The van der Waals surface area contributed by atoms with Gasteiger partial charge in [0, 0.05) is 90.8 Å². The fourth-order valence-corrected chi connectivity index (χ4v) is 18.3. The van der Waals surface area contributed by atoms with Crippen molar-refractivity contribution in [2.45, 2.75) is 27.7 Å². The number of hydrogen-bond acceptors (Lipinski definition) is 12. The predicted molar refractivity (Wildman–Crippen MR) is 582 cm³/mol. The van der Waals surface area contributed by atoms with Crippen LogP contribution in [-0.4, -0.2) is 59.8 Å². The zero-order valence-electron chi connectivity index (χ0n) is 78.6. The lowest BCUT2D eigenvalue weighted by Gasteiger charge is -2.14. The van der Waals surface area contributed by atoms with Crippen LogP contribution in [0.4, 0.5) is 0 Å². The van der Waals surface area contributed by atoms with E-state index in [1.165, 1.54) is 32.3 Å². The van der Waals surface area contributed by atoms with Gasteiger partial charge in [-0.15, -0.1) is 0 Å². The Balaban J connectivity index is 0.000000122. The minimum Gasteiger partial charge on any atom is -0.262 e. The fourth-order valence-electron chi connectivity index (χ4n) is 18.3. The third-order valence-corrected chi connectivity index (χ3v) is 25.5. The average molecular weight is 1820 g/mol. The second-order valence-corrected chi connectivity index (χ2v) is 35.4. The Bertz CT molecular complexity index is 8570. The number of rotatable bonds is 18. The van der Waals surface area contributed by atoms with Crippen molar-refractivity contribution in [2.24, 2.45) is 0 Å². The molecular formula is C130H92N12. The van der Waals surface area contributed by atoms with Crippen molar-refractivity contribution >= 4 is 32.3 Å². The van der Waals surface area contributed by atoms with E-state index in [1.807, 2.05) is 221 Å². The van der Waals surface area contributed by atoms with E-state index >= 15 is 0 Å². The van der Waals surface area contributed by atoms with Crippen molar-refractivity contribution < 1.29 is 0 Å². The van der Waals surface area contributed by atoms with Gasteiger partial charge in [-0.25, -0.2) is 44.9 Å². The number of aromatic nitrogens is 12. The number of hydrogen-bond donors (Lipinski definition) is 0. The van der Waals surface area contributed by atoms with Gasteiger partial charge in [-0.2, -0.15) is 0 Å². The highest BCUT2D eigenvalue weighted by atomic mass is 15.1. The lowest BCUT2D eigenvalue weighted by Crippen LogP contribution is -2.00. The standard InChI is InChI=1S/C44H32N4.2C43H30N4/c1-29-22-38(23-30(2)45-29)35-18-11-19-36(25-35)39-26-40(37-21-20-31-12-9-10-17-34(31)24-37)28-41(27-39)44-47-42(32-13-5-3-6-14-32)46-43(48-44)33-15-7-4-8-16-33;1-29-40(20-11-23-44-29)36-19-10-18-34(25-36)37-26-38(35-22-21-30-12-8-9-17-33(30)24-35)28-39(27-37)43-46-41(31-13-4-2-5-14-31)45-42(47-43)32-15-6-3-7-16-32;1-29-23-37(21-22-44-29)34-17-10-18-35(25-34)38-26-39(36-20-19-30-11-8-9-16-33(30)24-36)28-40(27-38)43-46-41(31-12-4-2-5-13-31)45-42(47-43)32-14-6-3-7-15-32/h3-28H,1-2H3;2*2-28H,1H3. The molecule has 6 aromatic heterocycles. The van der Waals surface area contributed by atoms with Crippen LogP contribution in [0, 0.1) is 27.7 Å². The van der Waals surface area contributed by atoms with E-state index in [4.69, 9.17) is 44.9 Å². The van der Waals surface area contributed by atoms with Crippen LogP contribution >= 0.6 is 0 Å². The third kappa shape index (κ3) is 20.0. The molecule has 12 nitrogen and oxygen atoms in total. The van der Waals surface area contributed by atoms with Crippen molar-refractivity contribution in [2.75, 3.05) is 0 Å². The van der Waals surface area contributed by atoms with E-state index in [0.29, 0.717) is 52.4 Å². The Morgan fingerprint density at radius 2 is 0.338 bits per heavy atom. The van der Waals surface area contributed by atoms with Gasteiger partial charge in [0.25, 0.3) is 0 Å². The summed E-state index contributed by atoms with van der Waals surface area (Å²) < 4.78 is 0. The largest absolute Gasteiger partial charge is 0.262 e. The van der Waals surface area contributed by atoms with Gasteiger partial charge < -0.3 is 0 Å². The smallest absolute Gasteiger partial charge is 0.164 e. The molecule has 672 valence electrons. The minimum atomic E-state index is 0.626. The first kappa shape index (κ1) is 88.5. The maximum absolute atomic E-state index is 5.07. The van der Waals surface area contributed by atoms with Gasteiger partial charge in [-0.1, -0.05) is 352 Å². The maximum Gasteiger partial charge on any atom is 0.164 e. The fraction of sp³-hybridized carbons (Fsp3) is 0.0308. The summed E-state index contributed by atoms with van der Waals surface area (Å²) in [7, 11) is 0. The highest BCUT2D eigenvalue weighted by molar-refractivity contribution is 5.94. The first-order valence-corrected chi connectivity index (χ1v) is 47.6. The molecule has 0 atom stereocenters. The molecule has 0 aliphatic rings. The molecule has 12 heteroatoms. The van der Waals surface area contributed by atoms with Crippen LogP contribution in [0.3, 0.4) is 0 Å². The second-order valence-electron chi connectivity index (χ2n) is 35.4. The summed E-state index contributed by atoms with van der Waals surface area (Å²) in [5.74, 6) is 5.73. The lowest BCUT2D eigenvalue weighted by atomic mass is 9.93. The zero-order chi connectivity index (χ0) is 95.6. The Labute approximate surface area is 825 Å². The average Bonchev–Trinajstić information content (AvgIpc) is 0.779. The summed E-state index contributed by atoms with van der Waals surface area (Å²) in [6, 6.07) is 165. The molecule has 24 aromatic rings. The van der Waals surface area contributed by atoms with Gasteiger partial charge in [0.05, 0.1) is 0 Å². The van der Waals surface area contributed by atoms with Crippen LogP contribution in [0.5, 0.6) is 0 Å². The van der Waals surface area contributed by atoms with Crippen LogP contribution < -0.4 is 0 Å². The molecule has 0 aliphatic carbocycles. The number of fused-ring (bicyclic) bond motifs is 3. The SMILES string of the molecule is Cc1cc(-c2cccc(-c3cc(-c4ccc5ccccc5c4)cc(-c4nc(-c5ccccc5)nc(-c5ccccc5)n4)c3)c2)cc(C)n1.Cc1cc(-c2cccc(-c3cc(-c4ccc5ccccc5c4)cc(-c4nc(-c5ccccc5)nc(-c5ccccc5)n4)c3)c2)ccn1.Cc1ncccc1-c1cccc(-c2cc(-c3ccc4ccccc4c3)cc(-c3nc(-c4ccccc4)nc(-c4ccccc4)n3)c2)c1. The van der Waals surface area contributed by atoms with Gasteiger partial charge in [0.2, 0.25) is 0 Å². The number of nitrogens with zero attached hydrogens (tertiary/aromatic N) is 12. The summed E-state index contributed by atoms with van der Waals surface area (Å²) in [4.78, 5) is 58.7. The molecule has 6 heterocycles. The molecule has 142 heavy (non-hydrogen) atoms. The third-order valence-electron chi connectivity index (χ3n) is 25.5. The number of aryl methyl sites for hydroxylation is 4. The van der Waals surface area contributed by atoms with E-state index < -0.39 is 0 Å². The first-order chi connectivity index (χ1) is 69.9. The van der Waals surface area contributed by atoms with E-state index in [2.05, 4.69) is 307 Å². The molecule has 0 saturated carbocycles. The van der Waals surface area contributed by atoms with Crippen LogP contribution in [0.2, 0.25) is 0 Å². The van der Waals surface area contributed by atoms with Crippen molar-refractivity contribution in [3.8, 4) is 203 Å². The topological polar surface area (TPSA) is 155 Å². The van der Waals surface area contributed by atoms with Crippen molar-refractivity contribution in [3.05, 3.63) is 508 Å². The van der Waals surface area contributed by atoms with Crippen LogP contribution in [0.15, 0.2) is 486 Å². The molecule has 0 saturated heterocycles. The molecule has 18 aromatic carbocycles. The summed E-state index contributed by atoms with van der Waals surface area (Å²) in [6.07, 6.45) is 3.70. The molecule has 0 bridgehead atoms. The molecule has 0 radical (unpaired) electrons. The van der Waals surface area contributed by atoms with E-state index in [1.54, 1.807) is 0 Å². The first-order valence-electron chi connectivity index (χ1n) is 47.6. The van der Waals surface area contributed by atoms with Gasteiger partial charge >= 0.3 is 0 Å². The summed E-state index contributed by atoms with van der Waals surface area (Å²) in [6.45, 7) is 8.16. The Kier molecular flexibility index (Phi) is 25.1. The van der Waals surface area contributed by atoms with Crippen LogP contribution in [0.1, 0.15) is 22.8 Å². The second kappa shape index (κ2) is 40.3. The lowest BCUT2D eigenvalue weighted by molar-refractivity contribution is 1.07. The van der Waals surface area contributed by atoms with Crippen LogP contribution in [0.25, 0.3) is 235 Å². The monoisotopic (exact) mass is 1820 g/mol. The van der Waals surface area contributed by atoms with Gasteiger partial charge in [0.1, 0.15) is 0 Å². The normalized spacial score (nSPS) is 11.1. The molecule has 0 spiro atoms. The molecular weight excluding hydrogens is 1730 g/mol. The molecule has 0 aliphatic heterocycles. The minimum absolute atomic E-state index is 0.626. The van der Waals surface area contributed by atoms with Gasteiger partial charge in [-0.05, 0) is 276 Å².